The SMILES string of the molecule is C=C(NC(/C=C(N)/C(=C/N)NC)=NCc1ccccc1C(F)(F)F)c1ccccc1NCCC. The van der Waals surface area contributed by atoms with Gasteiger partial charge >= 0.3 is 6.18 Å². The number of hydrogen-bond donors (Lipinski definition) is 5. The zero-order chi connectivity index (χ0) is 25.1. The van der Waals surface area contributed by atoms with Crippen LogP contribution in [0.3, 0.4) is 0 Å². The Labute approximate surface area is 198 Å². The van der Waals surface area contributed by atoms with E-state index in [1.54, 1.807) is 13.1 Å². The molecule has 0 radical (unpaired) electrons. The minimum atomic E-state index is -4.48. The van der Waals surface area contributed by atoms with Crippen LogP contribution in [-0.2, 0) is 12.7 Å². The molecule has 0 amide bonds. The van der Waals surface area contributed by atoms with Gasteiger partial charge in [0, 0.05) is 42.8 Å². The summed E-state index contributed by atoms with van der Waals surface area (Å²) in [6.07, 6.45) is -0.749. The summed E-state index contributed by atoms with van der Waals surface area (Å²) in [5, 5.41) is 9.29. The van der Waals surface area contributed by atoms with E-state index in [2.05, 4.69) is 34.4 Å². The van der Waals surface area contributed by atoms with E-state index in [0.29, 0.717) is 11.4 Å². The van der Waals surface area contributed by atoms with Crippen molar-refractivity contribution >= 4 is 17.2 Å². The van der Waals surface area contributed by atoms with Crippen LogP contribution in [0.15, 0.2) is 83.8 Å². The Morgan fingerprint density at radius 1 is 1.12 bits per heavy atom. The van der Waals surface area contributed by atoms with E-state index in [0.717, 1.165) is 30.3 Å². The fourth-order valence-corrected chi connectivity index (χ4v) is 3.16. The van der Waals surface area contributed by atoms with Gasteiger partial charge in [0.15, 0.2) is 0 Å². The highest BCUT2D eigenvalue weighted by molar-refractivity contribution is 6.00. The summed E-state index contributed by atoms with van der Waals surface area (Å²) in [7, 11) is 1.65. The van der Waals surface area contributed by atoms with Crippen molar-refractivity contribution in [2.75, 3.05) is 18.9 Å². The molecule has 7 N–H and O–H groups in total. The maximum absolute atomic E-state index is 13.4. The minimum absolute atomic E-state index is 0.0418. The Morgan fingerprint density at radius 3 is 2.44 bits per heavy atom. The number of nitrogens with zero attached hydrogens (tertiary/aromatic N) is 1. The minimum Gasteiger partial charge on any atom is -0.403 e. The third kappa shape index (κ3) is 7.33. The van der Waals surface area contributed by atoms with Gasteiger partial charge in [-0.1, -0.05) is 49.9 Å². The van der Waals surface area contributed by atoms with Crippen LogP contribution in [0.25, 0.3) is 5.70 Å². The van der Waals surface area contributed by atoms with Gasteiger partial charge < -0.3 is 27.4 Å². The number of amidine groups is 1. The average molecular weight is 473 g/mol. The number of anilines is 1. The molecule has 0 atom stereocenters. The average Bonchev–Trinajstić information content (AvgIpc) is 2.81. The summed E-state index contributed by atoms with van der Waals surface area (Å²) in [5.74, 6) is 0.236. The number of rotatable bonds is 10. The van der Waals surface area contributed by atoms with Gasteiger partial charge in [0.25, 0.3) is 0 Å². The van der Waals surface area contributed by atoms with Crippen molar-refractivity contribution < 1.29 is 13.2 Å². The van der Waals surface area contributed by atoms with Gasteiger partial charge in [-0.25, -0.2) is 0 Å². The summed E-state index contributed by atoms with van der Waals surface area (Å²) in [5.41, 5.74) is 13.9. The second kappa shape index (κ2) is 12.4. The second-order valence-electron chi connectivity index (χ2n) is 7.36. The van der Waals surface area contributed by atoms with Crippen molar-refractivity contribution in [3.05, 3.63) is 95.5 Å². The van der Waals surface area contributed by atoms with Crippen molar-refractivity contribution in [2.45, 2.75) is 26.1 Å². The molecule has 34 heavy (non-hydrogen) atoms. The number of nitrogens with one attached hydrogen (secondary N) is 3. The normalized spacial score (nSPS) is 12.9. The van der Waals surface area contributed by atoms with Gasteiger partial charge in [0.2, 0.25) is 0 Å². The number of hydrogen-bond acceptors (Lipinski definition) is 5. The maximum atomic E-state index is 13.4. The maximum Gasteiger partial charge on any atom is 0.416 e. The third-order valence-electron chi connectivity index (χ3n) is 4.88. The van der Waals surface area contributed by atoms with E-state index in [1.165, 1.54) is 24.4 Å². The Kier molecular flexibility index (Phi) is 9.61. The molecule has 0 aliphatic rings. The molecule has 0 aliphatic carbocycles. The quantitative estimate of drug-likeness (QED) is 0.198. The molecule has 2 aromatic carbocycles. The summed E-state index contributed by atoms with van der Waals surface area (Å²) in [4.78, 5) is 4.39. The molecule has 0 fully saturated rings. The molecule has 0 aromatic heterocycles. The van der Waals surface area contributed by atoms with Crippen molar-refractivity contribution in [3.63, 3.8) is 0 Å². The highest BCUT2D eigenvalue weighted by Gasteiger charge is 2.32. The van der Waals surface area contributed by atoms with E-state index >= 15 is 0 Å². The Hall–Kier alpha value is -3.88. The van der Waals surface area contributed by atoms with E-state index < -0.39 is 11.7 Å². The lowest BCUT2D eigenvalue weighted by molar-refractivity contribution is -0.138. The smallest absolute Gasteiger partial charge is 0.403 e. The number of alkyl halides is 3. The highest BCUT2D eigenvalue weighted by atomic mass is 19.4. The molecule has 2 rings (SSSR count). The molecule has 0 aliphatic heterocycles. The van der Waals surface area contributed by atoms with Gasteiger partial charge in [-0.3, -0.25) is 4.99 Å². The lowest BCUT2D eigenvalue weighted by Gasteiger charge is -2.17. The largest absolute Gasteiger partial charge is 0.416 e. The third-order valence-corrected chi connectivity index (χ3v) is 4.88. The fourth-order valence-electron chi connectivity index (χ4n) is 3.16. The lowest BCUT2D eigenvalue weighted by atomic mass is 10.1. The van der Waals surface area contributed by atoms with Crippen LogP contribution in [0, 0.1) is 0 Å². The van der Waals surface area contributed by atoms with Crippen molar-refractivity contribution in [2.24, 2.45) is 16.5 Å². The van der Waals surface area contributed by atoms with E-state index in [9.17, 15) is 13.2 Å². The molecular formula is C25H31F3N6. The second-order valence-corrected chi connectivity index (χ2v) is 7.36. The number of nitrogens with two attached hydrogens (primary N) is 2. The Bertz CT molecular complexity index is 1070. The topological polar surface area (TPSA) is 100 Å². The molecule has 2 aromatic rings. The molecule has 182 valence electrons. The van der Waals surface area contributed by atoms with Crippen LogP contribution in [0.1, 0.15) is 30.0 Å². The Morgan fingerprint density at radius 2 is 1.79 bits per heavy atom. The Balaban J connectivity index is 2.42. The number of likely N-dealkylation sites (N-methyl/N-ethyl adjacent to an activating group) is 1. The van der Waals surface area contributed by atoms with Gasteiger partial charge in [-0.05, 0) is 24.1 Å². The van der Waals surface area contributed by atoms with Gasteiger partial charge in [0.05, 0.1) is 23.5 Å². The summed E-state index contributed by atoms with van der Waals surface area (Å²) in [6, 6.07) is 12.9. The van der Waals surface area contributed by atoms with Crippen molar-refractivity contribution in [3.8, 4) is 0 Å². The predicted octanol–water partition coefficient (Wildman–Crippen LogP) is 4.55. The summed E-state index contributed by atoms with van der Waals surface area (Å²) in [6.45, 7) is 6.72. The van der Waals surface area contributed by atoms with E-state index in [4.69, 9.17) is 11.5 Å². The molecule has 0 saturated carbocycles. The highest BCUT2D eigenvalue weighted by Crippen LogP contribution is 2.32. The first-order valence-corrected chi connectivity index (χ1v) is 10.8. The standard InChI is InChI=1S/C25H31F3N6/c1-4-13-32-22-12-8-6-10-19(22)17(2)34-24(14-21(30)23(15-29)31-3)33-16-18-9-5-7-11-20(18)25(26,27)28/h5-12,14-15,31-32H,2,4,13,16,29-30H2,1,3H3,(H,33,34)/b21-14-,23-15-. The molecule has 0 spiro atoms. The van der Waals surface area contributed by atoms with Crippen LogP contribution in [0.4, 0.5) is 18.9 Å². The molecule has 0 heterocycles. The van der Waals surface area contributed by atoms with Crippen LogP contribution < -0.4 is 27.4 Å². The molecule has 0 bridgehead atoms. The summed E-state index contributed by atoms with van der Waals surface area (Å²) < 4.78 is 40.2. The molecule has 0 unspecified atom stereocenters. The first-order chi connectivity index (χ1) is 16.2. The first-order valence-electron chi connectivity index (χ1n) is 10.8. The zero-order valence-electron chi connectivity index (χ0n) is 19.3. The van der Waals surface area contributed by atoms with Crippen LogP contribution in [-0.4, -0.2) is 19.4 Å². The first kappa shape index (κ1) is 26.4. The molecular weight excluding hydrogens is 441 g/mol. The zero-order valence-corrected chi connectivity index (χ0v) is 19.3. The number of benzene rings is 2. The van der Waals surface area contributed by atoms with Gasteiger partial charge in [-0.15, -0.1) is 0 Å². The monoisotopic (exact) mass is 472 g/mol. The lowest BCUT2D eigenvalue weighted by Crippen LogP contribution is -2.24. The van der Waals surface area contributed by atoms with E-state index in [1.807, 2.05) is 24.3 Å². The van der Waals surface area contributed by atoms with Crippen LogP contribution in [0.2, 0.25) is 0 Å². The fraction of sp³-hybridized carbons (Fsp3) is 0.240. The van der Waals surface area contributed by atoms with Crippen molar-refractivity contribution in [1.29, 1.82) is 0 Å². The van der Waals surface area contributed by atoms with Gasteiger partial charge in [-0.2, -0.15) is 13.2 Å². The molecule has 9 heteroatoms. The molecule has 0 saturated heterocycles. The molecule has 6 nitrogen and oxygen atoms in total. The predicted molar refractivity (Wildman–Crippen MR) is 134 cm³/mol. The van der Waals surface area contributed by atoms with E-state index in [-0.39, 0.29) is 23.6 Å². The van der Waals surface area contributed by atoms with Crippen LogP contribution >= 0.6 is 0 Å². The number of aliphatic imine (C=N–C) groups is 1. The summed E-state index contributed by atoms with van der Waals surface area (Å²) >= 11 is 0. The van der Waals surface area contributed by atoms with Crippen molar-refractivity contribution in [1.82, 2.24) is 10.6 Å². The van der Waals surface area contributed by atoms with Gasteiger partial charge in [0.1, 0.15) is 5.84 Å². The number of para-hydroxylation sites is 1. The van der Waals surface area contributed by atoms with Crippen LogP contribution in [0.5, 0.6) is 0 Å². The number of halogens is 3.